The highest BCUT2D eigenvalue weighted by Crippen LogP contribution is 2.29. The summed E-state index contributed by atoms with van der Waals surface area (Å²) < 4.78 is 41.1. The molecule has 0 aliphatic rings. The van der Waals surface area contributed by atoms with Gasteiger partial charge in [0.05, 0.1) is 27.7 Å². The number of nitrogens with zero attached hydrogens (tertiary/aromatic N) is 4. The fourth-order valence-corrected chi connectivity index (χ4v) is 4.37. The Kier molecular flexibility index (Phi) is 7.23. The number of aromatic nitrogens is 2. The maximum atomic E-state index is 13.3. The predicted octanol–water partition coefficient (Wildman–Crippen LogP) is 3.60. The Balaban J connectivity index is 1.89. The molecule has 0 aliphatic carbocycles. The number of hydrogen-bond donors (Lipinski definition) is 1. The van der Waals surface area contributed by atoms with Crippen LogP contribution in [-0.2, 0) is 14.8 Å². The zero-order valence-corrected chi connectivity index (χ0v) is 20.8. The average Bonchev–Trinajstić information content (AvgIpc) is 3.05. The highest BCUT2D eigenvalue weighted by molar-refractivity contribution is 7.89. The fraction of sp³-hybridized carbons (Fsp3) is 0.250. The van der Waals surface area contributed by atoms with Crippen molar-refractivity contribution in [2.24, 2.45) is 0 Å². The third-order valence-corrected chi connectivity index (χ3v) is 7.12. The summed E-state index contributed by atoms with van der Waals surface area (Å²) in [6.07, 6.45) is 3.03. The van der Waals surface area contributed by atoms with Gasteiger partial charge in [-0.2, -0.15) is 5.10 Å². The largest absolute Gasteiger partial charge is 0.376 e. The Morgan fingerprint density at radius 3 is 2.29 bits per heavy atom. The molecule has 180 valence electrons. The van der Waals surface area contributed by atoms with Gasteiger partial charge in [0.15, 0.2) is 0 Å². The van der Waals surface area contributed by atoms with Gasteiger partial charge < -0.3 is 10.2 Å². The molecule has 1 heterocycles. The molecule has 8 nitrogen and oxygen atoms in total. The van der Waals surface area contributed by atoms with Crippen molar-refractivity contribution in [3.8, 4) is 5.69 Å². The number of halogens is 1. The van der Waals surface area contributed by atoms with Gasteiger partial charge in [0.2, 0.25) is 15.9 Å². The lowest BCUT2D eigenvalue weighted by Crippen LogP contribution is -2.23. The normalized spacial score (nSPS) is 11.9. The summed E-state index contributed by atoms with van der Waals surface area (Å²) in [5.41, 5.74) is 4.01. The zero-order valence-electron chi connectivity index (χ0n) is 20.0. The van der Waals surface area contributed by atoms with E-state index in [0.717, 1.165) is 15.6 Å². The van der Waals surface area contributed by atoms with Crippen molar-refractivity contribution in [3.05, 3.63) is 71.3 Å². The predicted molar refractivity (Wildman–Crippen MR) is 132 cm³/mol. The van der Waals surface area contributed by atoms with Crippen molar-refractivity contribution in [3.63, 3.8) is 0 Å². The van der Waals surface area contributed by atoms with Crippen molar-refractivity contribution in [2.45, 2.75) is 18.7 Å². The molecule has 3 aromatic rings. The first-order chi connectivity index (χ1) is 15.9. The molecule has 0 atom stereocenters. The van der Waals surface area contributed by atoms with Crippen LogP contribution in [0.1, 0.15) is 17.0 Å². The van der Waals surface area contributed by atoms with E-state index in [1.54, 1.807) is 48.0 Å². The Morgan fingerprint density at radius 1 is 1.06 bits per heavy atom. The van der Waals surface area contributed by atoms with E-state index in [1.165, 1.54) is 44.4 Å². The SMILES string of the molecule is Cc1nn(-c2ccc(F)cc2)c(C)c1/C=C/C(=O)Nc1cc(S(=O)(=O)N(C)C)ccc1N(C)C. The Labute approximate surface area is 199 Å². The van der Waals surface area contributed by atoms with Crippen LogP contribution in [0.2, 0.25) is 0 Å². The monoisotopic (exact) mass is 485 g/mol. The molecule has 0 aliphatic heterocycles. The average molecular weight is 486 g/mol. The van der Waals surface area contributed by atoms with Crippen LogP contribution < -0.4 is 10.2 Å². The fourth-order valence-electron chi connectivity index (χ4n) is 3.44. The van der Waals surface area contributed by atoms with Gasteiger partial charge >= 0.3 is 0 Å². The molecule has 1 aromatic heterocycles. The van der Waals surface area contributed by atoms with Crippen molar-refractivity contribution in [1.29, 1.82) is 0 Å². The number of rotatable bonds is 7. The van der Waals surface area contributed by atoms with Crippen molar-refractivity contribution in [2.75, 3.05) is 38.4 Å². The molecular weight excluding hydrogens is 457 g/mol. The molecule has 34 heavy (non-hydrogen) atoms. The molecule has 0 spiro atoms. The van der Waals surface area contributed by atoms with E-state index in [2.05, 4.69) is 10.4 Å². The molecule has 3 rings (SSSR count). The summed E-state index contributed by atoms with van der Waals surface area (Å²) in [5.74, 6) is -0.752. The molecule has 2 aromatic carbocycles. The van der Waals surface area contributed by atoms with Gasteiger partial charge in [0.25, 0.3) is 0 Å². The number of sulfonamides is 1. The molecule has 0 radical (unpaired) electrons. The van der Waals surface area contributed by atoms with Crippen LogP contribution in [-0.4, -0.2) is 56.6 Å². The van der Waals surface area contributed by atoms with Gasteiger partial charge in [0, 0.05) is 45.5 Å². The van der Waals surface area contributed by atoms with Gasteiger partial charge in [-0.1, -0.05) is 0 Å². The number of carbonyl (C=O) groups is 1. The zero-order chi connectivity index (χ0) is 25.2. The van der Waals surface area contributed by atoms with Crippen molar-refractivity contribution < 1.29 is 17.6 Å². The van der Waals surface area contributed by atoms with E-state index in [9.17, 15) is 17.6 Å². The van der Waals surface area contributed by atoms with Crippen molar-refractivity contribution in [1.82, 2.24) is 14.1 Å². The van der Waals surface area contributed by atoms with Crippen LogP contribution in [0.4, 0.5) is 15.8 Å². The maximum absolute atomic E-state index is 13.3. The lowest BCUT2D eigenvalue weighted by atomic mass is 10.1. The molecule has 1 amide bonds. The van der Waals surface area contributed by atoms with Crippen LogP contribution in [0.3, 0.4) is 0 Å². The minimum Gasteiger partial charge on any atom is -0.376 e. The topological polar surface area (TPSA) is 87.5 Å². The summed E-state index contributed by atoms with van der Waals surface area (Å²) in [5, 5.41) is 7.28. The van der Waals surface area contributed by atoms with Gasteiger partial charge in [-0.25, -0.2) is 21.8 Å². The number of aryl methyl sites for hydroxylation is 1. The quantitative estimate of drug-likeness (QED) is 0.517. The molecular formula is C24H28FN5O3S. The Hall–Kier alpha value is -3.50. The third kappa shape index (κ3) is 5.18. The van der Waals surface area contributed by atoms with Gasteiger partial charge in [-0.15, -0.1) is 0 Å². The highest BCUT2D eigenvalue weighted by atomic mass is 32.2. The van der Waals surface area contributed by atoms with E-state index in [4.69, 9.17) is 0 Å². The van der Waals surface area contributed by atoms with Gasteiger partial charge in [-0.05, 0) is 62.4 Å². The molecule has 0 saturated heterocycles. The summed E-state index contributed by atoms with van der Waals surface area (Å²) in [6.45, 7) is 3.69. The maximum Gasteiger partial charge on any atom is 0.248 e. The number of benzene rings is 2. The molecule has 1 N–H and O–H groups in total. The molecule has 0 unspecified atom stereocenters. The minimum absolute atomic E-state index is 0.0784. The number of carbonyl (C=O) groups excluding carboxylic acids is 1. The highest BCUT2D eigenvalue weighted by Gasteiger charge is 2.20. The number of anilines is 2. The second-order valence-electron chi connectivity index (χ2n) is 8.16. The Morgan fingerprint density at radius 2 is 1.71 bits per heavy atom. The van der Waals surface area contributed by atoms with Crippen LogP contribution in [0.5, 0.6) is 0 Å². The van der Waals surface area contributed by atoms with E-state index in [1.807, 2.05) is 13.8 Å². The molecule has 10 heteroatoms. The lowest BCUT2D eigenvalue weighted by molar-refractivity contribution is -0.111. The summed E-state index contributed by atoms with van der Waals surface area (Å²) in [4.78, 5) is 14.6. The molecule has 0 fully saturated rings. The Bertz CT molecular complexity index is 1340. The first-order valence-corrected chi connectivity index (χ1v) is 11.9. The second kappa shape index (κ2) is 9.78. The number of amides is 1. The first kappa shape index (κ1) is 25.1. The summed E-state index contributed by atoms with van der Waals surface area (Å²) in [6, 6.07) is 10.6. The first-order valence-electron chi connectivity index (χ1n) is 10.5. The summed E-state index contributed by atoms with van der Waals surface area (Å²) >= 11 is 0. The van der Waals surface area contributed by atoms with E-state index in [-0.39, 0.29) is 10.7 Å². The number of nitrogens with one attached hydrogen (secondary N) is 1. The van der Waals surface area contributed by atoms with Gasteiger partial charge in [0.1, 0.15) is 5.82 Å². The van der Waals surface area contributed by atoms with Crippen LogP contribution in [0.15, 0.2) is 53.4 Å². The van der Waals surface area contributed by atoms with E-state index in [0.29, 0.717) is 22.8 Å². The second-order valence-corrected chi connectivity index (χ2v) is 10.3. The van der Waals surface area contributed by atoms with E-state index >= 15 is 0 Å². The van der Waals surface area contributed by atoms with Crippen LogP contribution in [0.25, 0.3) is 11.8 Å². The van der Waals surface area contributed by atoms with Gasteiger partial charge in [-0.3, -0.25) is 4.79 Å². The summed E-state index contributed by atoms with van der Waals surface area (Å²) in [7, 11) is 2.85. The van der Waals surface area contributed by atoms with Crippen LogP contribution in [0, 0.1) is 19.7 Å². The molecule has 0 bridgehead atoms. The van der Waals surface area contributed by atoms with E-state index < -0.39 is 15.9 Å². The minimum atomic E-state index is -3.66. The van der Waals surface area contributed by atoms with Crippen molar-refractivity contribution >= 4 is 33.4 Å². The lowest BCUT2D eigenvalue weighted by Gasteiger charge is -2.19. The number of hydrogen-bond acceptors (Lipinski definition) is 5. The standard InChI is InChI=1S/C24H28FN5O3S/c1-16-21(17(2)30(27-16)19-9-7-18(25)8-10-19)12-14-24(31)26-22-15-20(34(32,33)29(5)6)11-13-23(22)28(3)4/h7-15H,1-6H3,(H,26,31)/b14-12+. The smallest absolute Gasteiger partial charge is 0.248 e. The molecule has 0 saturated carbocycles. The van der Waals surface area contributed by atoms with Crippen LogP contribution >= 0.6 is 0 Å². The third-order valence-electron chi connectivity index (χ3n) is 5.31.